The van der Waals surface area contributed by atoms with E-state index >= 15 is 0 Å². The van der Waals surface area contributed by atoms with Crippen LogP contribution in [0.25, 0.3) is 23.0 Å². The first-order chi connectivity index (χ1) is 19.8. The molecule has 7 heteroatoms. The van der Waals surface area contributed by atoms with E-state index < -0.39 is 17.9 Å². The fourth-order valence-electron chi connectivity index (χ4n) is 4.85. The highest BCUT2D eigenvalue weighted by Gasteiger charge is 2.37. The molecule has 1 aromatic heterocycles. The van der Waals surface area contributed by atoms with Crippen molar-refractivity contribution in [3.63, 3.8) is 0 Å². The van der Waals surface area contributed by atoms with Crippen LogP contribution in [-0.2, 0) is 16.2 Å². The molecule has 7 nitrogen and oxygen atoms in total. The van der Waals surface area contributed by atoms with E-state index in [2.05, 4.69) is 0 Å². The van der Waals surface area contributed by atoms with E-state index in [-0.39, 0.29) is 5.57 Å². The van der Waals surface area contributed by atoms with Crippen molar-refractivity contribution in [1.82, 2.24) is 14.7 Å². The Hall–Kier alpha value is -5.22. The van der Waals surface area contributed by atoms with Gasteiger partial charge in [-0.2, -0.15) is 10.4 Å². The van der Waals surface area contributed by atoms with Gasteiger partial charge in [-0.1, -0.05) is 48.5 Å². The lowest BCUT2D eigenvalue weighted by atomic mass is 9.92. The standard InChI is InChI=1S/C34H30N4O3/c1-22(2)38-33(39)29(24(4)30(19-35)34(38)40)18-27-20-37(28-13-9-6-10-14-28)36-32(27)26-15-16-31(23(3)17-26)41-21-25-11-7-5-8-12-25/h5-18,20,22H,21H2,1-4H3/b29-18+. The number of carbonyl (C=O) groups excluding carboxylic acids is 2. The Balaban J connectivity index is 1.60. The third kappa shape index (κ3) is 5.45. The van der Waals surface area contributed by atoms with Crippen molar-refractivity contribution < 1.29 is 14.3 Å². The Labute approximate surface area is 239 Å². The van der Waals surface area contributed by atoms with Crippen molar-refractivity contribution in [3.8, 4) is 28.8 Å². The van der Waals surface area contributed by atoms with Crippen molar-refractivity contribution in [2.24, 2.45) is 0 Å². The summed E-state index contributed by atoms with van der Waals surface area (Å²) < 4.78 is 7.84. The Kier molecular flexibility index (Phi) is 7.66. The van der Waals surface area contributed by atoms with E-state index in [1.807, 2.05) is 98.1 Å². The van der Waals surface area contributed by atoms with Crippen LogP contribution in [0.15, 0.2) is 102 Å². The summed E-state index contributed by atoms with van der Waals surface area (Å²) >= 11 is 0. The molecule has 0 radical (unpaired) electrons. The van der Waals surface area contributed by atoms with Crippen LogP contribution in [0.1, 0.15) is 37.5 Å². The number of benzene rings is 3. The van der Waals surface area contributed by atoms with E-state index in [0.717, 1.165) is 33.0 Å². The summed E-state index contributed by atoms with van der Waals surface area (Å²) in [5, 5.41) is 14.6. The van der Waals surface area contributed by atoms with Crippen molar-refractivity contribution in [1.29, 1.82) is 5.26 Å². The number of aryl methyl sites for hydroxylation is 1. The molecule has 3 aromatic carbocycles. The summed E-state index contributed by atoms with van der Waals surface area (Å²) in [5.41, 5.74) is 5.70. The zero-order valence-corrected chi connectivity index (χ0v) is 23.5. The molecule has 2 heterocycles. The second-order valence-electron chi connectivity index (χ2n) is 10.2. The van der Waals surface area contributed by atoms with Gasteiger partial charge in [0.2, 0.25) is 0 Å². The lowest BCUT2D eigenvalue weighted by Crippen LogP contribution is -2.46. The van der Waals surface area contributed by atoms with Crippen LogP contribution < -0.4 is 4.74 Å². The topological polar surface area (TPSA) is 88.2 Å². The number of ether oxygens (including phenoxy) is 1. The molecule has 0 unspecified atom stereocenters. The first-order valence-electron chi connectivity index (χ1n) is 13.4. The fourth-order valence-corrected chi connectivity index (χ4v) is 4.85. The summed E-state index contributed by atoms with van der Waals surface area (Å²) in [7, 11) is 0. The molecule has 5 rings (SSSR count). The normalized spacial score (nSPS) is 14.6. The summed E-state index contributed by atoms with van der Waals surface area (Å²) in [6.07, 6.45) is 3.59. The summed E-state index contributed by atoms with van der Waals surface area (Å²) in [6, 6.07) is 27.2. The summed E-state index contributed by atoms with van der Waals surface area (Å²) in [5.74, 6) is -0.226. The Morgan fingerprint density at radius 2 is 1.63 bits per heavy atom. The van der Waals surface area contributed by atoms with Crippen LogP contribution >= 0.6 is 0 Å². The molecule has 0 bridgehead atoms. The van der Waals surface area contributed by atoms with Gasteiger partial charge in [0, 0.05) is 28.9 Å². The molecule has 1 aliphatic rings. The highest BCUT2D eigenvalue weighted by atomic mass is 16.5. The minimum absolute atomic E-state index is 0.0303. The molecule has 0 saturated heterocycles. The SMILES string of the molecule is CC1=C(C#N)C(=O)N(C(C)C)C(=O)/C1=C/c1cn(-c2ccccc2)nc1-c1ccc(OCc2ccccc2)c(C)c1. The number of rotatable bonds is 7. The quantitative estimate of drug-likeness (QED) is 0.198. The Morgan fingerprint density at radius 3 is 2.27 bits per heavy atom. The smallest absolute Gasteiger partial charge is 0.271 e. The molecule has 0 aliphatic carbocycles. The number of hydrogen-bond donors (Lipinski definition) is 0. The van der Waals surface area contributed by atoms with Crippen LogP contribution in [0.5, 0.6) is 5.75 Å². The largest absolute Gasteiger partial charge is 0.489 e. The molecule has 0 saturated carbocycles. The first kappa shape index (κ1) is 27.4. The number of carbonyl (C=O) groups is 2. The summed E-state index contributed by atoms with van der Waals surface area (Å²) in [4.78, 5) is 27.5. The molecule has 2 amide bonds. The maximum atomic E-state index is 13.5. The predicted molar refractivity (Wildman–Crippen MR) is 158 cm³/mol. The zero-order valence-electron chi connectivity index (χ0n) is 23.5. The maximum absolute atomic E-state index is 13.5. The number of amides is 2. The van der Waals surface area contributed by atoms with Gasteiger partial charge in [0.25, 0.3) is 11.8 Å². The van der Waals surface area contributed by atoms with Crippen LogP contribution in [0, 0.1) is 18.3 Å². The Bertz CT molecular complexity index is 1720. The third-order valence-electron chi connectivity index (χ3n) is 7.04. The van der Waals surface area contributed by atoms with Crippen molar-refractivity contribution in [3.05, 3.63) is 118 Å². The third-order valence-corrected chi connectivity index (χ3v) is 7.04. The highest BCUT2D eigenvalue weighted by Crippen LogP contribution is 2.33. The molecule has 204 valence electrons. The van der Waals surface area contributed by atoms with Crippen molar-refractivity contribution in [2.45, 2.75) is 40.3 Å². The number of hydrogen-bond acceptors (Lipinski definition) is 5. The van der Waals surface area contributed by atoms with E-state index in [4.69, 9.17) is 9.84 Å². The zero-order chi connectivity index (χ0) is 29.1. The second kappa shape index (κ2) is 11.5. The van der Waals surface area contributed by atoms with Gasteiger partial charge >= 0.3 is 0 Å². The van der Waals surface area contributed by atoms with Crippen molar-refractivity contribution >= 4 is 17.9 Å². The number of para-hydroxylation sites is 1. The molecule has 0 N–H and O–H groups in total. The molecule has 1 aliphatic heterocycles. The maximum Gasteiger partial charge on any atom is 0.271 e. The van der Waals surface area contributed by atoms with Gasteiger partial charge in [0.05, 0.1) is 11.4 Å². The van der Waals surface area contributed by atoms with Gasteiger partial charge < -0.3 is 4.74 Å². The number of nitriles is 1. The summed E-state index contributed by atoms with van der Waals surface area (Å²) in [6.45, 7) is 7.60. The van der Waals surface area contributed by atoms with Gasteiger partial charge in [0.1, 0.15) is 24.0 Å². The van der Waals surface area contributed by atoms with Gasteiger partial charge in [-0.15, -0.1) is 0 Å². The lowest BCUT2D eigenvalue weighted by Gasteiger charge is -2.30. The molecular weight excluding hydrogens is 512 g/mol. The minimum Gasteiger partial charge on any atom is -0.489 e. The minimum atomic E-state index is -0.566. The predicted octanol–water partition coefficient (Wildman–Crippen LogP) is 6.43. The second-order valence-corrected chi connectivity index (χ2v) is 10.2. The van der Waals surface area contributed by atoms with Gasteiger partial charge in [-0.3, -0.25) is 14.5 Å². The number of nitrogens with zero attached hydrogens (tertiary/aromatic N) is 4. The van der Waals surface area contributed by atoms with E-state index in [9.17, 15) is 14.9 Å². The average Bonchev–Trinajstić information content (AvgIpc) is 3.39. The average molecular weight is 543 g/mol. The molecule has 41 heavy (non-hydrogen) atoms. The van der Waals surface area contributed by atoms with Gasteiger partial charge in [-0.25, -0.2) is 4.68 Å². The first-order valence-corrected chi connectivity index (χ1v) is 13.4. The molecular formula is C34H30N4O3. The highest BCUT2D eigenvalue weighted by molar-refractivity contribution is 6.20. The molecule has 0 atom stereocenters. The fraction of sp³-hybridized carbons (Fsp3) is 0.176. The van der Waals surface area contributed by atoms with Crippen molar-refractivity contribution in [2.75, 3.05) is 0 Å². The Morgan fingerprint density at radius 1 is 0.951 bits per heavy atom. The van der Waals surface area contributed by atoms with Crippen LogP contribution in [-0.4, -0.2) is 32.5 Å². The van der Waals surface area contributed by atoms with Crippen LogP contribution in [0.2, 0.25) is 0 Å². The van der Waals surface area contributed by atoms with Gasteiger partial charge in [0.15, 0.2) is 0 Å². The monoisotopic (exact) mass is 542 g/mol. The van der Waals surface area contributed by atoms with E-state index in [1.54, 1.807) is 31.5 Å². The molecule has 0 fully saturated rings. The van der Waals surface area contributed by atoms with Crippen LogP contribution in [0.4, 0.5) is 0 Å². The molecule has 0 spiro atoms. The number of aromatic nitrogens is 2. The van der Waals surface area contributed by atoms with Gasteiger partial charge in [-0.05, 0) is 80.8 Å². The van der Waals surface area contributed by atoms with E-state index in [0.29, 0.717) is 29.0 Å². The molecule has 4 aromatic rings. The van der Waals surface area contributed by atoms with E-state index in [1.165, 1.54) is 0 Å². The lowest BCUT2D eigenvalue weighted by molar-refractivity contribution is -0.142. The number of imide groups is 1. The van der Waals surface area contributed by atoms with Crippen LogP contribution in [0.3, 0.4) is 0 Å².